The SMILES string of the molecule is C=CC(=O)NC[C@H](CC(=O)[C@H](C)NC)C(=O)N1CCCC1C(=O)NCc1cccc(NC(=O)C=C)c1. The predicted molar refractivity (Wildman–Crippen MR) is 137 cm³/mol. The molecule has 0 saturated carbocycles. The van der Waals surface area contributed by atoms with Crippen LogP contribution in [0.3, 0.4) is 0 Å². The maximum Gasteiger partial charge on any atom is 0.247 e. The average Bonchev–Trinajstić information content (AvgIpc) is 3.38. The molecule has 3 atom stereocenters. The zero-order valence-electron chi connectivity index (χ0n) is 20.8. The van der Waals surface area contributed by atoms with Gasteiger partial charge in [-0.1, -0.05) is 25.3 Å². The number of carbonyl (C=O) groups is 5. The fourth-order valence-corrected chi connectivity index (χ4v) is 3.92. The minimum absolute atomic E-state index is 0.0279. The second kappa shape index (κ2) is 13.9. The zero-order valence-corrected chi connectivity index (χ0v) is 20.8. The quantitative estimate of drug-likeness (QED) is 0.299. The molecule has 1 heterocycles. The van der Waals surface area contributed by atoms with Crippen LogP contribution in [0.4, 0.5) is 5.69 Å². The number of ketones is 1. The van der Waals surface area contributed by atoms with E-state index < -0.39 is 23.9 Å². The maximum absolute atomic E-state index is 13.4. The van der Waals surface area contributed by atoms with E-state index in [2.05, 4.69) is 34.4 Å². The molecule has 36 heavy (non-hydrogen) atoms. The average molecular weight is 498 g/mol. The molecule has 0 aliphatic carbocycles. The first-order valence-electron chi connectivity index (χ1n) is 11.9. The number of nitrogens with one attached hydrogen (secondary N) is 4. The van der Waals surface area contributed by atoms with Gasteiger partial charge in [-0.05, 0) is 56.7 Å². The Labute approximate surface area is 211 Å². The Kier molecular flexibility index (Phi) is 11.0. The fourth-order valence-electron chi connectivity index (χ4n) is 3.92. The number of nitrogens with zero attached hydrogens (tertiary/aromatic N) is 1. The molecule has 1 fully saturated rings. The standard InChI is InChI=1S/C26H35N5O5/c1-5-23(33)28-16-19(14-22(32)17(3)27-4)26(36)31-12-8-11-21(31)25(35)29-15-18-9-7-10-20(13-18)30-24(34)6-2/h5-7,9-10,13,17,19,21,27H,1-2,8,11-12,14-16H2,3-4H3,(H,28,33)(H,29,35)(H,30,34)/t17-,19-,21?/m0/s1. The summed E-state index contributed by atoms with van der Waals surface area (Å²) in [5, 5.41) is 11.0. The molecule has 1 unspecified atom stereocenters. The Hall–Kier alpha value is -3.79. The van der Waals surface area contributed by atoms with Gasteiger partial charge < -0.3 is 26.2 Å². The molecule has 194 valence electrons. The van der Waals surface area contributed by atoms with Crippen molar-refractivity contribution in [1.29, 1.82) is 0 Å². The van der Waals surface area contributed by atoms with Crippen LogP contribution in [0, 0.1) is 5.92 Å². The van der Waals surface area contributed by atoms with Crippen molar-refractivity contribution in [3.8, 4) is 0 Å². The van der Waals surface area contributed by atoms with Crippen molar-refractivity contribution < 1.29 is 24.0 Å². The lowest BCUT2D eigenvalue weighted by atomic mass is 9.97. The first-order valence-corrected chi connectivity index (χ1v) is 11.9. The molecule has 0 bridgehead atoms. The molecule has 2 rings (SSSR count). The number of likely N-dealkylation sites (tertiary alicyclic amines) is 1. The van der Waals surface area contributed by atoms with Crippen LogP contribution in [0.25, 0.3) is 0 Å². The van der Waals surface area contributed by atoms with Gasteiger partial charge in [0, 0.05) is 31.7 Å². The molecule has 1 saturated heterocycles. The molecular weight excluding hydrogens is 462 g/mol. The minimum atomic E-state index is -0.796. The number of amides is 4. The van der Waals surface area contributed by atoms with Crippen molar-refractivity contribution in [2.45, 2.75) is 44.8 Å². The molecule has 1 aromatic rings. The summed E-state index contributed by atoms with van der Waals surface area (Å²) in [5.41, 5.74) is 1.35. The van der Waals surface area contributed by atoms with E-state index in [1.54, 1.807) is 32.2 Å². The van der Waals surface area contributed by atoms with E-state index in [4.69, 9.17) is 0 Å². The molecule has 4 amide bonds. The molecule has 10 heteroatoms. The van der Waals surface area contributed by atoms with Gasteiger partial charge in [0.15, 0.2) is 0 Å². The number of Topliss-reactive ketones (excluding diaryl/α,β-unsaturated/α-hetero) is 1. The van der Waals surface area contributed by atoms with Gasteiger partial charge in [-0.3, -0.25) is 24.0 Å². The summed E-state index contributed by atoms with van der Waals surface area (Å²) in [5.74, 6) is -2.38. The Morgan fingerprint density at radius 3 is 2.50 bits per heavy atom. The van der Waals surface area contributed by atoms with E-state index in [9.17, 15) is 24.0 Å². The van der Waals surface area contributed by atoms with Gasteiger partial charge in [-0.15, -0.1) is 0 Å². The number of hydrogen-bond acceptors (Lipinski definition) is 6. The first kappa shape index (κ1) is 28.4. The van der Waals surface area contributed by atoms with Gasteiger partial charge in [0.05, 0.1) is 12.0 Å². The van der Waals surface area contributed by atoms with Crippen molar-refractivity contribution in [2.75, 3.05) is 25.5 Å². The lowest BCUT2D eigenvalue weighted by Gasteiger charge is -2.28. The van der Waals surface area contributed by atoms with Gasteiger partial charge in [-0.25, -0.2) is 0 Å². The van der Waals surface area contributed by atoms with E-state index >= 15 is 0 Å². The lowest BCUT2D eigenvalue weighted by molar-refractivity contribution is -0.143. The summed E-state index contributed by atoms with van der Waals surface area (Å²) >= 11 is 0. The number of benzene rings is 1. The fraction of sp³-hybridized carbons (Fsp3) is 0.423. The monoisotopic (exact) mass is 497 g/mol. The second-order valence-electron chi connectivity index (χ2n) is 8.63. The molecular formula is C26H35N5O5. The normalized spacial score (nSPS) is 16.4. The lowest BCUT2D eigenvalue weighted by Crippen LogP contribution is -2.50. The number of anilines is 1. The van der Waals surface area contributed by atoms with Crippen molar-refractivity contribution >= 4 is 35.1 Å². The highest BCUT2D eigenvalue weighted by Crippen LogP contribution is 2.22. The third-order valence-corrected chi connectivity index (χ3v) is 6.11. The van der Waals surface area contributed by atoms with E-state index in [-0.39, 0.29) is 43.0 Å². The van der Waals surface area contributed by atoms with Crippen molar-refractivity contribution in [3.05, 3.63) is 55.1 Å². The Morgan fingerprint density at radius 2 is 1.83 bits per heavy atom. The maximum atomic E-state index is 13.4. The van der Waals surface area contributed by atoms with Crippen LogP contribution in [0.15, 0.2) is 49.6 Å². The van der Waals surface area contributed by atoms with E-state index in [1.807, 2.05) is 6.07 Å². The summed E-state index contributed by atoms with van der Waals surface area (Å²) in [7, 11) is 1.66. The van der Waals surface area contributed by atoms with Crippen LogP contribution in [0.1, 0.15) is 31.7 Å². The van der Waals surface area contributed by atoms with Crippen LogP contribution in [0.2, 0.25) is 0 Å². The van der Waals surface area contributed by atoms with Crippen LogP contribution in [0.5, 0.6) is 0 Å². The molecule has 1 aromatic carbocycles. The molecule has 10 nitrogen and oxygen atoms in total. The number of rotatable bonds is 13. The summed E-state index contributed by atoms with van der Waals surface area (Å²) in [6, 6.07) is 5.93. The molecule has 0 aromatic heterocycles. The molecule has 1 aliphatic heterocycles. The highest BCUT2D eigenvalue weighted by Gasteiger charge is 2.38. The number of likely N-dealkylation sites (N-methyl/N-ethyl adjacent to an activating group) is 1. The van der Waals surface area contributed by atoms with Gasteiger partial charge in [0.2, 0.25) is 23.6 Å². The van der Waals surface area contributed by atoms with Crippen molar-refractivity contribution in [2.24, 2.45) is 5.92 Å². The van der Waals surface area contributed by atoms with Crippen LogP contribution in [-0.4, -0.2) is 66.5 Å². The zero-order chi connectivity index (χ0) is 26.7. The number of carbonyl (C=O) groups excluding carboxylic acids is 5. The topological polar surface area (TPSA) is 137 Å². The highest BCUT2D eigenvalue weighted by atomic mass is 16.2. The van der Waals surface area contributed by atoms with Crippen LogP contribution < -0.4 is 21.3 Å². The molecule has 0 radical (unpaired) electrons. The second-order valence-corrected chi connectivity index (χ2v) is 8.63. The first-order chi connectivity index (χ1) is 17.2. The summed E-state index contributed by atoms with van der Waals surface area (Å²) in [6.45, 7) is 9.11. The molecule has 4 N–H and O–H groups in total. The number of hydrogen-bond donors (Lipinski definition) is 4. The Morgan fingerprint density at radius 1 is 1.11 bits per heavy atom. The van der Waals surface area contributed by atoms with Gasteiger partial charge in [0.1, 0.15) is 11.8 Å². The summed E-state index contributed by atoms with van der Waals surface area (Å²) in [4.78, 5) is 63.6. The third-order valence-electron chi connectivity index (χ3n) is 6.11. The van der Waals surface area contributed by atoms with Crippen molar-refractivity contribution in [3.63, 3.8) is 0 Å². The Bertz CT molecular complexity index is 1010. The van der Waals surface area contributed by atoms with E-state index in [1.165, 1.54) is 11.0 Å². The smallest absolute Gasteiger partial charge is 0.247 e. The highest BCUT2D eigenvalue weighted by molar-refractivity contribution is 5.99. The molecule has 1 aliphatic rings. The minimum Gasteiger partial charge on any atom is -0.352 e. The Balaban J connectivity index is 2.07. The van der Waals surface area contributed by atoms with Gasteiger partial charge >= 0.3 is 0 Å². The molecule has 0 spiro atoms. The largest absolute Gasteiger partial charge is 0.352 e. The third kappa shape index (κ3) is 8.16. The van der Waals surface area contributed by atoms with Gasteiger partial charge in [-0.2, -0.15) is 0 Å². The van der Waals surface area contributed by atoms with E-state index in [0.717, 1.165) is 11.6 Å². The predicted octanol–water partition coefficient (Wildman–Crippen LogP) is 0.904. The summed E-state index contributed by atoms with van der Waals surface area (Å²) in [6.07, 6.45) is 3.36. The van der Waals surface area contributed by atoms with Gasteiger partial charge in [0.25, 0.3) is 0 Å². The van der Waals surface area contributed by atoms with Crippen molar-refractivity contribution in [1.82, 2.24) is 20.9 Å². The summed E-state index contributed by atoms with van der Waals surface area (Å²) < 4.78 is 0. The van der Waals surface area contributed by atoms with E-state index in [0.29, 0.717) is 25.1 Å². The van der Waals surface area contributed by atoms with Crippen LogP contribution in [-0.2, 0) is 30.5 Å². The van der Waals surface area contributed by atoms with Crippen LogP contribution >= 0.6 is 0 Å².